The summed E-state index contributed by atoms with van der Waals surface area (Å²) in [7, 11) is 0. The van der Waals surface area contributed by atoms with Gasteiger partial charge in [0.05, 0.1) is 10.9 Å². The van der Waals surface area contributed by atoms with Crippen molar-refractivity contribution in [2.45, 2.75) is 52.0 Å². The van der Waals surface area contributed by atoms with Crippen molar-refractivity contribution in [2.24, 2.45) is 0 Å². The summed E-state index contributed by atoms with van der Waals surface area (Å²) < 4.78 is 1.43. The molecule has 1 aromatic heterocycles. The van der Waals surface area contributed by atoms with Gasteiger partial charge in [-0.25, -0.2) is 4.98 Å². The molecule has 2 aromatic rings. The number of rotatable bonds is 1. The second-order valence-corrected chi connectivity index (χ2v) is 7.25. The number of carbonyl (C=O) groups is 2. The number of carbonyl (C=O) groups excluding carboxylic acids is 2. The van der Waals surface area contributed by atoms with Crippen LogP contribution in [0.25, 0.3) is 10.9 Å². The zero-order valence-corrected chi connectivity index (χ0v) is 14.3. The van der Waals surface area contributed by atoms with Crippen molar-refractivity contribution >= 4 is 22.7 Å². The fraction of sp³-hybridized carbons (Fsp3) is 0.444. The Kier molecular flexibility index (Phi) is 3.78. The van der Waals surface area contributed by atoms with Crippen molar-refractivity contribution in [2.75, 3.05) is 0 Å². The van der Waals surface area contributed by atoms with E-state index in [1.54, 1.807) is 6.92 Å². The lowest BCUT2D eigenvalue weighted by Crippen LogP contribution is -2.45. The molecule has 1 aliphatic heterocycles. The highest BCUT2D eigenvalue weighted by Gasteiger charge is 2.31. The van der Waals surface area contributed by atoms with Crippen LogP contribution < -0.4 is 10.9 Å². The van der Waals surface area contributed by atoms with Crippen LogP contribution in [-0.2, 0) is 15.0 Å². The number of aryl methyl sites for hydroxylation is 1. The number of imide groups is 1. The first-order chi connectivity index (χ1) is 11.2. The van der Waals surface area contributed by atoms with Crippen molar-refractivity contribution in [3.05, 3.63) is 39.9 Å². The van der Waals surface area contributed by atoms with Gasteiger partial charge < -0.3 is 0 Å². The van der Waals surface area contributed by atoms with Crippen LogP contribution in [0.15, 0.2) is 23.0 Å². The summed E-state index contributed by atoms with van der Waals surface area (Å²) in [5, 5.41) is 2.85. The number of benzene rings is 1. The third-order valence-corrected chi connectivity index (χ3v) is 4.44. The first kappa shape index (κ1) is 16.4. The van der Waals surface area contributed by atoms with Gasteiger partial charge in [-0.05, 0) is 30.4 Å². The number of amides is 2. The first-order valence-electron chi connectivity index (χ1n) is 8.06. The van der Waals surface area contributed by atoms with Gasteiger partial charge in [0.1, 0.15) is 11.9 Å². The molecule has 1 aromatic carbocycles. The first-order valence-corrected chi connectivity index (χ1v) is 8.06. The molecule has 126 valence electrons. The molecule has 0 bridgehead atoms. The van der Waals surface area contributed by atoms with Crippen LogP contribution in [-0.4, -0.2) is 21.4 Å². The SMILES string of the molecule is Cc1nc2cccc(C(C)(C)C)c2c(=O)n1[C@@H]1CCC(=O)NC1=O. The Morgan fingerprint density at radius 2 is 1.92 bits per heavy atom. The van der Waals surface area contributed by atoms with Gasteiger partial charge in [0.2, 0.25) is 11.8 Å². The monoisotopic (exact) mass is 327 g/mol. The Morgan fingerprint density at radius 3 is 2.54 bits per heavy atom. The summed E-state index contributed by atoms with van der Waals surface area (Å²) in [5.41, 5.74) is 1.09. The lowest BCUT2D eigenvalue weighted by atomic mass is 9.84. The average Bonchev–Trinajstić information content (AvgIpc) is 2.47. The van der Waals surface area contributed by atoms with Gasteiger partial charge in [0.25, 0.3) is 5.56 Å². The number of nitrogens with zero attached hydrogens (tertiary/aromatic N) is 2. The van der Waals surface area contributed by atoms with Crippen LogP contribution in [0.4, 0.5) is 0 Å². The Labute approximate surface area is 139 Å². The van der Waals surface area contributed by atoms with Crippen LogP contribution >= 0.6 is 0 Å². The maximum atomic E-state index is 13.2. The highest BCUT2D eigenvalue weighted by atomic mass is 16.2. The van der Waals surface area contributed by atoms with Gasteiger partial charge >= 0.3 is 0 Å². The summed E-state index contributed by atoms with van der Waals surface area (Å²) in [6.07, 6.45) is 0.539. The van der Waals surface area contributed by atoms with Crippen molar-refractivity contribution in [1.82, 2.24) is 14.9 Å². The zero-order valence-electron chi connectivity index (χ0n) is 14.3. The number of hydrogen-bond donors (Lipinski definition) is 1. The van der Waals surface area contributed by atoms with E-state index in [1.807, 2.05) is 39.0 Å². The number of nitrogens with one attached hydrogen (secondary N) is 1. The fourth-order valence-electron chi connectivity index (χ4n) is 3.27. The van der Waals surface area contributed by atoms with E-state index in [0.717, 1.165) is 5.56 Å². The highest BCUT2D eigenvalue weighted by molar-refractivity contribution is 5.99. The van der Waals surface area contributed by atoms with Crippen molar-refractivity contribution < 1.29 is 9.59 Å². The normalized spacial score (nSPS) is 18.8. The van der Waals surface area contributed by atoms with E-state index >= 15 is 0 Å². The number of piperidine rings is 1. The number of aromatic nitrogens is 2. The van der Waals surface area contributed by atoms with Gasteiger partial charge in [-0.15, -0.1) is 0 Å². The molecular weight excluding hydrogens is 306 g/mol. The van der Waals surface area contributed by atoms with Crippen molar-refractivity contribution in [3.63, 3.8) is 0 Å². The molecule has 1 saturated heterocycles. The van der Waals surface area contributed by atoms with Gasteiger partial charge in [0.15, 0.2) is 0 Å². The summed E-state index contributed by atoms with van der Waals surface area (Å²) in [6.45, 7) is 7.83. The van der Waals surface area contributed by atoms with Crippen molar-refractivity contribution in [1.29, 1.82) is 0 Å². The number of hydrogen-bond acceptors (Lipinski definition) is 4. The molecule has 2 amide bonds. The van der Waals surface area contributed by atoms with E-state index in [-0.39, 0.29) is 23.3 Å². The summed E-state index contributed by atoms with van der Waals surface area (Å²) in [6, 6.07) is 4.94. The standard InChI is InChI=1S/C18H21N3O3/c1-10-19-12-7-5-6-11(18(2,3)4)15(12)17(24)21(10)13-8-9-14(22)20-16(13)23/h5-7,13H,8-9H2,1-4H3,(H,20,22,23)/t13-/m1/s1. The van der Waals surface area contributed by atoms with E-state index in [9.17, 15) is 14.4 Å². The quantitative estimate of drug-likeness (QED) is 0.812. The van der Waals surface area contributed by atoms with E-state index < -0.39 is 11.9 Å². The predicted molar refractivity (Wildman–Crippen MR) is 90.9 cm³/mol. The molecule has 1 N–H and O–H groups in total. The Hall–Kier alpha value is -2.50. The third kappa shape index (κ3) is 2.62. The van der Waals surface area contributed by atoms with Gasteiger partial charge in [-0.1, -0.05) is 32.9 Å². The minimum absolute atomic E-state index is 0.223. The maximum absolute atomic E-state index is 13.2. The van der Waals surface area contributed by atoms with Crippen molar-refractivity contribution in [3.8, 4) is 0 Å². The molecule has 0 spiro atoms. The number of fused-ring (bicyclic) bond motifs is 1. The van der Waals surface area contributed by atoms with Crippen LogP contribution in [0.5, 0.6) is 0 Å². The molecular formula is C18H21N3O3. The Bertz CT molecular complexity index is 906. The molecule has 1 fully saturated rings. The molecule has 6 nitrogen and oxygen atoms in total. The molecule has 6 heteroatoms. The highest BCUT2D eigenvalue weighted by Crippen LogP contribution is 2.28. The maximum Gasteiger partial charge on any atom is 0.262 e. The van der Waals surface area contributed by atoms with Crippen LogP contribution in [0.3, 0.4) is 0 Å². The van der Waals surface area contributed by atoms with E-state index in [1.165, 1.54) is 4.57 Å². The molecule has 1 aliphatic rings. The van der Waals surface area contributed by atoms with E-state index in [0.29, 0.717) is 23.1 Å². The Balaban J connectivity index is 2.29. The largest absolute Gasteiger partial charge is 0.295 e. The Morgan fingerprint density at radius 1 is 1.21 bits per heavy atom. The summed E-state index contributed by atoms with van der Waals surface area (Å²) in [4.78, 5) is 41.3. The van der Waals surface area contributed by atoms with Gasteiger partial charge in [-0.3, -0.25) is 24.3 Å². The third-order valence-electron chi connectivity index (χ3n) is 4.44. The molecule has 24 heavy (non-hydrogen) atoms. The van der Waals surface area contributed by atoms with Crippen LogP contribution in [0, 0.1) is 6.92 Å². The lowest BCUT2D eigenvalue weighted by Gasteiger charge is -2.26. The van der Waals surface area contributed by atoms with E-state index in [2.05, 4.69) is 10.3 Å². The van der Waals surface area contributed by atoms with Crippen LogP contribution in [0.2, 0.25) is 0 Å². The topological polar surface area (TPSA) is 81.1 Å². The molecule has 0 unspecified atom stereocenters. The molecule has 3 rings (SSSR count). The molecule has 0 radical (unpaired) electrons. The van der Waals surface area contributed by atoms with Gasteiger partial charge in [0, 0.05) is 6.42 Å². The molecule has 1 atom stereocenters. The molecule has 2 heterocycles. The van der Waals surface area contributed by atoms with Crippen LogP contribution in [0.1, 0.15) is 51.0 Å². The summed E-state index contributed by atoms with van der Waals surface area (Å²) >= 11 is 0. The predicted octanol–water partition coefficient (Wildman–Crippen LogP) is 1.98. The lowest BCUT2D eigenvalue weighted by molar-refractivity contribution is -0.135. The summed E-state index contributed by atoms with van der Waals surface area (Å²) in [5.74, 6) is -0.259. The second-order valence-electron chi connectivity index (χ2n) is 7.25. The van der Waals surface area contributed by atoms with E-state index in [4.69, 9.17) is 0 Å². The minimum atomic E-state index is -0.694. The second kappa shape index (κ2) is 5.54. The minimum Gasteiger partial charge on any atom is -0.295 e. The zero-order chi connectivity index (χ0) is 17.6. The average molecular weight is 327 g/mol. The molecule has 0 aliphatic carbocycles. The molecule has 0 saturated carbocycles. The van der Waals surface area contributed by atoms with Gasteiger partial charge in [-0.2, -0.15) is 0 Å². The fourth-order valence-corrected chi connectivity index (χ4v) is 3.27. The smallest absolute Gasteiger partial charge is 0.262 e.